The van der Waals surface area contributed by atoms with Gasteiger partial charge in [-0.05, 0) is 61.4 Å². The van der Waals surface area contributed by atoms with Gasteiger partial charge in [0.05, 0.1) is 11.4 Å². The molecular weight excluding hydrogens is 396 g/mol. The van der Waals surface area contributed by atoms with E-state index in [-0.39, 0.29) is 11.5 Å². The second-order valence-corrected chi connectivity index (χ2v) is 7.68. The molecule has 4 aromatic carbocycles. The molecule has 0 aliphatic rings. The zero-order chi connectivity index (χ0) is 22.5. The fraction of sp³-hybridized carbons (Fsp3) is 0.0714. The molecule has 0 bridgehead atoms. The third-order valence-electron chi connectivity index (χ3n) is 5.16. The first-order valence-corrected chi connectivity index (χ1v) is 10.4. The minimum Gasteiger partial charge on any atom is -0.507 e. The van der Waals surface area contributed by atoms with Crippen LogP contribution in [0.4, 0.5) is 11.4 Å². The number of rotatable bonds is 5. The molecule has 0 aromatic heterocycles. The standard InChI is InChI=1S/C28H24N2O2/c1-19-11-13-23(25(15-19)29-17-21-7-3-5-9-27(21)31)24-14-12-20(2)16-26(24)30-18-22-8-4-6-10-28(22)32/h3-18,31-32H,1-2H3. The van der Waals surface area contributed by atoms with Gasteiger partial charge in [-0.3, -0.25) is 9.98 Å². The summed E-state index contributed by atoms with van der Waals surface area (Å²) >= 11 is 0. The molecule has 4 nitrogen and oxygen atoms in total. The third-order valence-corrected chi connectivity index (χ3v) is 5.16. The summed E-state index contributed by atoms with van der Waals surface area (Å²) in [6.07, 6.45) is 3.35. The maximum absolute atomic E-state index is 10.1. The van der Waals surface area contributed by atoms with Crippen LogP contribution in [-0.2, 0) is 0 Å². The van der Waals surface area contributed by atoms with Gasteiger partial charge in [0.15, 0.2) is 0 Å². The molecule has 0 radical (unpaired) electrons. The Morgan fingerprint density at radius 1 is 0.562 bits per heavy atom. The SMILES string of the molecule is Cc1ccc(-c2ccc(C)cc2N=Cc2ccccc2O)c(N=Cc2ccccc2O)c1. The largest absolute Gasteiger partial charge is 0.507 e. The van der Waals surface area contributed by atoms with Crippen molar-refractivity contribution in [3.63, 3.8) is 0 Å². The van der Waals surface area contributed by atoms with Crippen LogP contribution in [0.25, 0.3) is 11.1 Å². The molecule has 0 saturated heterocycles. The van der Waals surface area contributed by atoms with Crippen LogP contribution >= 0.6 is 0 Å². The molecule has 4 heteroatoms. The Hall–Kier alpha value is -4.18. The highest BCUT2D eigenvalue weighted by atomic mass is 16.3. The number of nitrogens with zero attached hydrogens (tertiary/aromatic N) is 2. The Morgan fingerprint density at radius 2 is 0.969 bits per heavy atom. The summed E-state index contributed by atoms with van der Waals surface area (Å²) in [6.45, 7) is 4.05. The number of benzene rings is 4. The number of hydrogen-bond donors (Lipinski definition) is 2. The zero-order valence-electron chi connectivity index (χ0n) is 18.0. The predicted molar refractivity (Wildman–Crippen MR) is 132 cm³/mol. The number of aliphatic imine (C=N–C) groups is 2. The highest BCUT2D eigenvalue weighted by molar-refractivity contribution is 5.92. The van der Waals surface area contributed by atoms with E-state index in [1.807, 2.05) is 74.5 Å². The first kappa shape index (κ1) is 21.1. The van der Waals surface area contributed by atoms with Crippen LogP contribution in [0.1, 0.15) is 22.3 Å². The first-order chi connectivity index (χ1) is 15.5. The average molecular weight is 421 g/mol. The molecule has 4 rings (SSSR count). The Kier molecular flexibility index (Phi) is 6.13. The number of phenols is 2. The lowest BCUT2D eigenvalue weighted by molar-refractivity contribution is 0.474. The highest BCUT2D eigenvalue weighted by Crippen LogP contribution is 2.38. The molecule has 0 aliphatic carbocycles. The number of aromatic hydroxyl groups is 2. The van der Waals surface area contributed by atoms with Crippen molar-refractivity contribution in [2.24, 2.45) is 9.98 Å². The van der Waals surface area contributed by atoms with Crippen LogP contribution in [0.3, 0.4) is 0 Å². The van der Waals surface area contributed by atoms with Crippen molar-refractivity contribution in [2.75, 3.05) is 0 Å². The number of aryl methyl sites for hydroxylation is 2. The molecule has 0 unspecified atom stereocenters. The van der Waals surface area contributed by atoms with Crippen LogP contribution in [-0.4, -0.2) is 22.6 Å². The fourth-order valence-electron chi connectivity index (χ4n) is 3.42. The van der Waals surface area contributed by atoms with Crippen molar-refractivity contribution in [3.05, 3.63) is 107 Å². The van der Waals surface area contributed by atoms with Crippen LogP contribution in [0, 0.1) is 13.8 Å². The van der Waals surface area contributed by atoms with Gasteiger partial charge in [0.1, 0.15) is 11.5 Å². The molecule has 0 heterocycles. The van der Waals surface area contributed by atoms with E-state index in [1.165, 1.54) is 0 Å². The van der Waals surface area contributed by atoms with E-state index in [0.717, 1.165) is 33.6 Å². The Labute approximate surface area is 187 Å². The molecule has 158 valence electrons. The lowest BCUT2D eigenvalue weighted by Crippen LogP contribution is -1.87. The number of phenolic OH excluding ortho intramolecular Hbond substituents is 2. The second-order valence-electron chi connectivity index (χ2n) is 7.68. The van der Waals surface area contributed by atoms with Gasteiger partial charge in [0.2, 0.25) is 0 Å². The van der Waals surface area contributed by atoms with Gasteiger partial charge in [-0.2, -0.15) is 0 Å². The summed E-state index contributed by atoms with van der Waals surface area (Å²) in [5.74, 6) is 0.377. The Bertz CT molecular complexity index is 1220. The molecule has 2 N–H and O–H groups in total. The van der Waals surface area contributed by atoms with Crippen LogP contribution in [0.2, 0.25) is 0 Å². The van der Waals surface area contributed by atoms with E-state index in [1.54, 1.807) is 36.7 Å². The van der Waals surface area contributed by atoms with Crippen molar-refractivity contribution >= 4 is 23.8 Å². The molecule has 0 aliphatic heterocycles. The zero-order valence-corrected chi connectivity index (χ0v) is 18.0. The lowest BCUT2D eigenvalue weighted by atomic mass is 9.99. The van der Waals surface area contributed by atoms with E-state index in [2.05, 4.69) is 0 Å². The molecule has 4 aromatic rings. The summed E-state index contributed by atoms with van der Waals surface area (Å²) in [5, 5.41) is 20.1. The summed E-state index contributed by atoms with van der Waals surface area (Å²) < 4.78 is 0. The van der Waals surface area contributed by atoms with Crippen molar-refractivity contribution in [2.45, 2.75) is 13.8 Å². The maximum atomic E-state index is 10.1. The van der Waals surface area contributed by atoms with Crippen molar-refractivity contribution in [3.8, 4) is 22.6 Å². The van der Waals surface area contributed by atoms with Gasteiger partial charge in [0.25, 0.3) is 0 Å². The monoisotopic (exact) mass is 420 g/mol. The van der Waals surface area contributed by atoms with Crippen molar-refractivity contribution < 1.29 is 10.2 Å². The van der Waals surface area contributed by atoms with Gasteiger partial charge in [-0.25, -0.2) is 0 Å². The van der Waals surface area contributed by atoms with Gasteiger partial charge in [0, 0.05) is 34.7 Å². The third kappa shape index (κ3) is 4.76. The average Bonchev–Trinajstić information content (AvgIpc) is 2.78. The van der Waals surface area contributed by atoms with E-state index in [0.29, 0.717) is 11.1 Å². The highest BCUT2D eigenvalue weighted by Gasteiger charge is 2.10. The minimum atomic E-state index is 0.189. The molecule has 32 heavy (non-hydrogen) atoms. The maximum Gasteiger partial charge on any atom is 0.124 e. The number of hydrogen-bond acceptors (Lipinski definition) is 4. The van der Waals surface area contributed by atoms with Gasteiger partial charge in [-0.15, -0.1) is 0 Å². The molecule has 0 spiro atoms. The van der Waals surface area contributed by atoms with E-state index in [9.17, 15) is 10.2 Å². The minimum absolute atomic E-state index is 0.189. The van der Waals surface area contributed by atoms with Gasteiger partial charge < -0.3 is 10.2 Å². The first-order valence-electron chi connectivity index (χ1n) is 10.4. The van der Waals surface area contributed by atoms with E-state index >= 15 is 0 Å². The van der Waals surface area contributed by atoms with Crippen LogP contribution in [0.15, 0.2) is 94.9 Å². The molecule has 0 amide bonds. The Morgan fingerprint density at radius 3 is 1.38 bits per heavy atom. The smallest absolute Gasteiger partial charge is 0.124 e. The van der Waals surface area contributed by atoms with Gasteiger partial charge >= 0.3 is 0 Å². The second kappa shape index (κ2) is 9.31. The molecule has 0 saturated carbocycles. The van der Waals surface area contributed by atoms with Crippen molar-refractivity contribution in [1.82, 2.24) is 0 Å². The summed E-state index contributed by atoms with van der Waals surface area (Å²) in [6, 6.07) is 26.4. The van der Waals surface area contributed by atoms with Crippen LogP contribution < -0.4 is 0 Å². The quantitative estimate of drug-likeness (QED) is 0.346. The Balaban J connectivity index is 1.79. The molecular formula is C28H24N2O2. The fourth-order valence-corrected chi connectivity index (χ4v) is 3.42. The molecule has 0 atom stereocenters. The topological polar surface area (TPSA) is 65.2 Å². The summed E-state index contributed by atoms with van der Waals surface area (Å²) in [5.41, 5.74) is 6.93. The van der Waals surface area contributed by atoms with Crippen LogP contribution in [0.5, 0.6) is 11.5 Å². The van der Waals surface area contributed by atoms with Gasteiger partial charge in [-0.1, -0.05) is 48.5 Å². The van der Waals surface area contributed by atoms with E-state index < -0.39 is 0 Å². The summed E-state index contributed by atoms with van der Waals surface area (Å²) in [7, 11) is 0. The normalized spacial score (nSPS) is 11.4. The number of para-hydroxylation sites is 2. The summed E-state index contributed by atoms with van der Waals surface area (Å²) in [4.78, 5) is 9.39. The van der Waals surface area contributed by atoms with Crippen molar-refractivity contribution in [1.29, 1.82) is 0 Å². The van der Waals surface area contributed by atoms with E-state index in [4.69, 9.17) is 9.98 Å². The molecule has 0 fully saturated rings. The predicted octanol–water partition coefficient (Wildman–Crippen LogP) is 6.88. The lowest BCUT2D eigenvalue weighted by Gasteiger charge is -2.11.